The summed E-state index contributed by atoms with van der Waals surface area (Å²) in [6.45, 7) is 5.14. The number of piperidine rings is 1. The number of likely N-dealkylation sites (tertiary alicyclic amines) is 1. The molecule has 3 fully saturated rings. The Morgan fingerprint density at radius 3 is 2.38 bits per heavy atom. The van der Waals surface area contributed by atoms with Crippen LogP contribution in [0.3, 0.4) is 0 Å². The van der Waals surface area contributed by atoms with Crippen molar-refractivity contribution in [2.24, 2.45) is 0 Å². The van der Waals surface area contributed by atoms with Gasteiger partial charge in [0.25, 0.3) is 0 Å². The maximum absolute atomic E-state index is 12.7. The van der Waals surface area contributed by atoms with Crippen molar-refractivity contribution < 1.29 is 4.74 Å². The van der Waals surface area contributed by atoms with E-state index in [9.17, 15) is 4.79 Å². The van der Waals surface area contributed by atoms with E-state index in [1.165, 1.54) is 44.1 Å². The lowest BCUT2D eigenvalue weighted by atomic mass is 9.90. The Morgan fingerprint density at radius 2 is 1.72 bits per heavy atom. The van der Waals surface area contributed by atoms with E-state index >= 15 is 0 Å². The molecule has 0 radical (unpaired) electrons. The van der Waals surface area contributed by atoms with Gasteiger partial charge < -0.3 is 14.6 Å². The third kappa shape index (κ3) is 4.28. The second kappa shape index (κ2) is 8.83. The molecule has 0 amide bonds. The molecule has 1 N–H and O–H groups in total. The molecule has 1 aliphatic heterocycles. The summed E-state index contributed by atoms with van der Waals surface area (Å²) in [6, 6.07) is 7.60. The smallest absolute Gasteiger partial charge is 0.326 e. The average Bonchev–Trinajstić information content (AvgIpc) is 3.51. The van der Waals surface area contributed by atoms with Crippen molar-refractivity contribution in [3.05, 3.63) is 34.2 Å². The average molecular weight is 420 g/mol. The maximum Gasteiger partial charge on any atom is 0.326 e. The molecule has 1 aromatic carbocycles. The molecule has 0 bridgehead atoms. The highest BCUT2D eigenvalue weighted by atomic mass is 35.5. The number of rotatable bonds is 5. The summed E-state index contributed by atoms with van der Waals surface area (Å²) in [4.78, 5) is 18.5. The van der Waals surface area contributed by atoms with E-state index in [1.807, 2.05) is 0 Å². The Bertz CT molecular complexity index is 872. The van der Waals surface area contributed by atoms with Crippen molar-refractivity contribution in [3.63, 3.8) is 0 Å². The van der Waals surface area contributed by atoms with Crippen molar-refractivity contribution in [1.29, 1.82) is 0 Å². The molecule has 2 saturated carbocycles. The van der Waals surface area contributed by atoms with Gasteiger partial charge in [-0.2, -0.15) is 0 Å². The first-order chi connectivity index (χ1) is 13.7. The highest BCUT2D eigenvalue weighted by Gasteiger charge is 2.31. The van der Waals surface area contributed by atoms with E-state index in [0.29, 0.717) is 18.2 Å². The van der Waals surface area contributed by atoms with Crippen molar-refractivity contribution in [2.75, 3.05) is 19.7 Å². The number of hydrogen-bond donors (Lipinski definition) is 1. The highest BCUT2D eigenvalue weighted by molar-refractivity contribution is 5.85. The molecular weight excluding hydrogens is 386 g/mol. The molecular formula is C23H34ClN3O2. The lowest BCUT2D eigenvalue weighted by Crippen LogP contribution is -2.45. The van der Waals surface area contributed by atoms with Crippen LogP contribution in [-0.4, -0.2) is 46.3 Å². The number of aromatic nitrogens is 2. The van der Waals surface area contributed by atoms with E-state index in [-0.39, 0.29) is 18.1 Å². The Labute approximate surface area is 179 Å². The molecule has 5 rings (SSSR count). The van der Waals surface area contributed by atoms with Gasteiger partial charge in [-0.05, 0) is 81.9 Å². The number of ether oxygens (including phenoxy) is 1. The standard InChI is InChI=1S/C23H33N3O2.ClH/c1-2-28-20-8-6-18(7-9-20)25-13-11-19(12-14-25)26-22-15-17(16-3-4-16)5-10-21(22)24-23(26)27;/h5,10,15-16,18-20H,2-4,6-9,11-14H2,1H3,(H,24,27);1H. The molecule has 2 aromatic rings. The van der Waals surface area contributed by atoms with Crippen LogP contribution in [0, 0.1) is 0 Å². The molecule has 160 valence electrons. The van der Waals surface area contributed by atoms with E-state index in [1.54, 1.807) is 0 Å². The predicted octanol–water partition coefficient (Wildman–Crippen LogP) is 4.61. The fourth-order valence-corrected chi connectivity index (χ4v) is 5.49. The molecule has 0 unspecified atom stereocenters. The number of H-pyrrole nitrogens is 1. The van der Waals surface area contributed by atoms with Crippen molar-refractivity contribution >= 4 is 23.4 Å². The predicted molar refractivity (Wildman–Crippen MR) is 119 cm³/mol. The molecule has 6 heteroatoms. The summed E-state index contributed by atoms with van der Waals surface area (Å²) in [5.41, 5.74) is 3.58. The molecule has 0 atom stereocenters. The van der Waals surface area contributed by atoms with E-state index in [0.717, 1.165) is 49.5 Å². The third-order valence-electron chi connectivity index (χ3n) is 7.22. The van der Waals surface area contributed by atoms with E-state index < -0.39 is 0 Å². The quantitative estimate of drug-likeness (QED) is 0.769. The molecule has 1 aromatic heterocycles. The summed E-state index contributed by atoms with van der Waals surface area (Å²) in [6.07, 6.45) is 10.1. The SMILES string of the molecule is CCOC1CCC(N2CCC(n3c(=O)[nH]c4ccc(C5CC5)cc43)CC2)CC1.Cl. The van der Waals surface area contributed by atoms with E-state index in [4.69, 9.17) is 4.74 Å². The van der Waals surface area contributed by atoms with Gasteiger partial charge in [-0.25, -0.2) is 4.79 Å². The summed E-state index contributed by atoms with van der Waals surface area (Å²) < 4.78 is 7.87. The van der Waals surface area contributed by atoms with Crippen molar-refractivity contribution in [3.8, 4) is 0 Å². The monoisotopic (exact) mass is 419 g/mol. The highest BCUT2D eigenvalue weighted by Crippen LogP contribution is 2.41. The summed E-state index contributed by atoms with van der Waals surface area (Å²) in [5, 5.41) is 0. The zero-order chi connectivity index (χ0) is 19.1. The van der Waals surface area contributed by atoms with Gasteiger partial charge in [-0.3, -0.25) is 4.57 Å². The first-order valence-corrected chi connectivity index (χ1v) is 11.3. The number of nitrogens with zero attached hydrogens (tertiary/aromatic N) is 2. The number of nitrogens with one attached hydrogen (secondary N) is 1. The van der Waals surface area contributed by atoms with Crippen LogP contribution in [0.1, 0.15) is 75.8 Å². The van der Waals surface area contributed by atoms with Crippen LogP contribution in [0.4, 0.5) is 0 Å². The molecule has 29 heavy (non-hydrogen) atoms. The molecule has 2 heterocycles. The van der Waals surface area contributed by atoms with Gasteiger partial charge >= 0.3 is 5.69 Å². The Morgan fingerprint density at radius 1 is 1.00 bits per heavy atom. The van der Waals surface area contributed by atoms with Gasteiger partial charge in [0.2, 0.25) is 0 Å². The second-order valence-electron chi connectivity index (χ2n) is 9.00. The van der Waals surface area contributed by atoms with Gasteiger partial charge in [0.05, 0.1) is 17.1 Å². The Kier molecular flexibility index (Phi) is 6.38. The minimum Gasteiger partial charge on any atom is -0.379 e. The van der Waals surface area contributed by atoms with Gasteiger partial charge in [0.15, 0.2) is 0 Å². The Hall–Kier alpha value is -1.30. The van der Waals surface area contributed by atoms with Gasteiger partial charge in [0.1, 0.15) is 0 Å². The summed E-state index contributed by atoms with van der Waals surface area (Å²) >= 11 is 0. The van der Waals surface area contributed by atoms with Crippen LogP contribution >= 0.6 is 12.4 Å². The van der Waals surface area contributed by atoms with Crippen LogP contribution in [0.2, 0.25) is 0 Å². The van der Waals surface area contributed by atoms with Gasteiger partial charge in [-0.1, -0.05) is 6.07 Å². The zero-order valence-electron chi connectivity index (χ0n) is 17.4. The number of halogens is 1. The normalized spacial score (nSPS) is 26.5. The van der Waals surface area contributed by atoms with Crippen LogP contribution < -0.4 is 5.69 Å². The van der Waals surface area contributed by atoms with Gasteiger partial charge in [0, 0.05) is 31.8 Å². The van der Waals surface area contributed by atoms with Crippen molar-refractivity contribution in [1.82, 2.24) is 14.5 Å². The van der Waals surface area contributed by atoms with Crippen LogP contribution in [0.15, 0.2) is 23.0 Å². The van der Waals surface area contributed by atoms with E-state index in [2.05, 4.69) is 39.6 Å². The topological polar surface area (TPSA) is 50.3 Å². The third-order valence-corrected chi connectivity index (χ3v) is 7.22. The molecule has 1 saturated heterocycles. The zero-order valence-corrected chi connectivity index (χ0v) is 18.3. The minimum atomic E-state index is 0. The lowest BCUT2D eigenvalue weighted by molar-refractivity contribution is 0.00796. The lowest BCUT2D eigenvalue weighted by Gasteiger charge is -2.41. The molecule has 2 aliphatic carbocycles. The van der Waals surface area contributed by atoms with Crippen LogP contribution in [0.5, 0.6) is 0 Å². The number of benzene rings is 1. The fraction of sp³-hybridized carbons (Fsp3) is 0.696. The first-order valence-electron chi connectivity index (χ1n) is 11.3. The first kappa shape index (κ1) is 21.0. The fourth-order valence-electron chi connectivity index (χ4n) is 5.49. The molecule has 3 aliphatic rings. The summed E-state index contributed by atoms with van der Waals surface area (Å²) in [5.74, 6) is 0.719. The number of hydrogen-bond acceptors (Lipinski definition) is 3. The summed E-state index contributed by atoms with van der Waals surface area (Å²) in [7, 11) is 0. The van der Waals surface area contributed by atoms with Crippen LogP contribution in [-0.2, 0) is 4.74 Å². The largest absolute Gasteiger partial charge is 0.379 e. The second-order valence-corrected chi connectivity index (χ2v) is 9.00. The van der Waals surface area contributed by atoms with Crippen LogP contribution in [0.25, 0.3) is 11.0 Å². The molecule has 5 nitrogen and oxygen atoms in total. The number of imidazole rings is 1. The van der Waals surface area contributed by atoms with Gasteiger partial charge in [-0.15, -0.1) is 12.4 Å². The number of aromatic amines is 1. The Balaban J connectivity index is 0.00000205. The maximum atomic E-state index is 12.7. The van der Waals surface area contributed by atoms with Crippen molar-refractivity contribution in [2.45, 2.75) is 82.4 Å². The molecule has 0 spiro atoms. The minimum absolute atomic E-state index is 0. The number of fused-ring (bicyclic) bond motifs is 1.